The van der Waals surface area contributed by atoms with Crippen LogP contribution in [0, 0.1) is 0 Å². The molecular formula is C8H7N3O4S. The molecule has 0 aliphatic rings. The standard InChI is InChI=1S/C8H7N3O4S/c1-15-7(13)4-5(9-2-3-16)10-8(14)11-6(4)12/h2-3H,1H3,(H2,10,11,12,14). The average Bonchev–Trinajstić information content (AvgIpc) is 2.24. The van der Waals surface area contributed by atoms with Gasteiger partial charge in [-0.25, -0.2) is 14.6 Å². The highest BCUT2D eigenvalue weighted by Gasteiger charge is 2.17. The van der Waals surface area contributed by atoms with Crippen LogP contribution in [-0.2, 0) is 4.74 Å². The van der Waals surface area contributed by atoms with Crippen molar-refractivity contribution in [1.29, 1.82) is 0 Å². The van der Waals surface area contributed by atoms with Crippen LogP contribution in [0.2, 0.25) is 0 Å². The second kappa shape index (κ2) is 5.12. The number of carbonyl (C=O) groups is 1. The van der Waals surface area contributed by atoms with Crippen LogP contribution in [0.3, 0.4) is 0 Å². The fourth-order valence-corrected chi connectivity index (χ4v) is 1.03. The van der Waals surface area contributed by atoms with E-state index in [9.17, 15) is 14.4 Å². The Bertz CT molecular complexity index is 557. The van der Waals surface area contributed by atoms with E-state index in [1.165, 1.54) is 5.37 Å². The molecule has 0 spiro atoms. The van der Waals surface area contributed by atoms with Gasteiger partial charge in [-0.2, -0.15) is 0 Å². The van der Waals surface area contributed by atoms with E-state index in [4.69, 9.17) is 0 Å². The Morgan fingerprint density at radius 3 is 2.69 bits per heavy atom. The number of ether oxygens (including phenoxy) is 1. The van der Waals surface area contributed by atoms with Gasteiger partial charge in [0.2, 0.25) is 0 Å². The molecule has 0 amide bonds. The van der Waals surface area contributed by atoms with Gasteiger partial charge in [-0.15, -0.1) is 0 Å². The fraction of sp³-hybridized carbons (Fsp3) is 0.125. The van der Waals surface area contributed by atoms with E-state index in [2.05, 4.69) is 26.9 Å². The number of thiocarbonyl (C=S) groups is 1. The number of aromatic amines is 2. The molecule has 0 bridgehead atoms. The summed E-state index contributed by atoms with van der Waals surface area (Å²) in [6.07, 6.45) is 1.16. The molecule has 0 aliphatic heterocycles. The van der Waals surface area contributed by atoms with Gasteiger partial charge in [0.1, 0.15) is 0 Å². The number of hydrogen-bond acceptors (Lipinski definition) is 6. The predicted molar refractivity (Wildman–Crippen MR) is 60.8 cm³/mol. The summed E-state index contributed by atoms with van der Waals surface area (Å²) >= 11 is 4.49. The first-order chi connectivity index (χ1) is 7.60. The minimum absolute atomic E-state index is 0.193. The number of aliphatic imine (C=N–C) groups is 1. The van der Waals surface area contributed by atoms with Crippen molar-refractivity contribution in [3.63, 3.8) is 0 Å². The number of esters is 1. The number of H-pyrrole nitrogens is 2. The third-order valence-corrected chi connectivity index (χ3v) is 1.70. The lowest BCUT2D eigenvalue weighted by molar-refractivity contribution is 0.0599. The van der Waals surface area contributed by atoms with Crippen LogP contribution in [0.4, 0.5) is 5.82 Å². The van der Waals surface area contributed by atoms with Crippen molar-refractivity contribution in [2.45, 2.75) is 0 Å². The first-order valence-electron chi connectivity index (χ1n) is 4.03. The van der Waals surface area contributed by atoms with Crippen molar-refractivity contribution in [2.75, 3.05) is 7.11 Å². The summed E-state index contributed by atoms with van der Waals surface area (Å²) in [5.41, 5.74) is -2.02. The van der Waals surface area contributed by atoms with Gasteiger partial charge in [0, 0.05) is 11.6 Å². The quantitative estimate of drug-likeness (QED) is 0.424. The van der Waals surface area contributed by atoms with Gasteiger partial charge in [0.25, 0.3) is 5.56 Å². The summed E-state index contributed by atoms with van der Waals surface area (Å²) in [5.74, 6) is -1.09. The van der Waals surface area contributed by atoms with Crippen LogP contribution in [0.5, 0.6) is 0 Å². The van der Waals surface area contributed by atoms with Crippen LogP contribution in [0.25, 0.3) is 0 Å². The summed E-state index contributed by atoms with van der Waals surface area (Å²) in [7, 11) is 1.11. The van der Waals surface area contributed by atoms with Gasteiger partial charge in [0.15, 0.2) is 11.4 Å². The average molecular weight is 241 g/mol. The van der Waals surface area contributed by atoms with Gasteiger partial charge >= 0.3 is 11.7 Å². The molecule has 0 unspecified atom stereocenters. The number of rotatable bonds is 3. The highest BCUT2D eigenvalue weighted by atomic mass is 32.1. The van der Waals surface area contributed by atoms with Crippen LogP contribution in [0.1, 0.15) is 10.4 Å². The van der Waals surface area contributed by atoms with Gasteiger partial charge in [-0.1, -0.05) is 12.2 Å². The SMILES string of the molecule is COC(=O)c1c(N=CC=S)[nH]c(=O)[nH]c1=O. The maximum absolute atomic E-state index is 11.3. The smallest absolute Gasteiger partial charge is 0.347 e. The van der Waals surface area contributed by atoms with Crippen LogP contribution >= 0.6 is 12.2 Å². The van der Waals surface area contributed by atoms with Crippen molar-refractivity contribution in [2.24, 2.45) is 4.99 Å². The lowest BCUT2D eigenvalue weighted by atomic mass is 10.3. The molecule has 1 rings (SSSR count). The molecule has 0 radical (unpaired) electrons. The molecule has 7 nitrogen and oxygen atoms in total. The Hall–Kier alpha value is -2.09. The van der Waals surface area contributed by atoms with E-state index in [1.807, 2.05) is 4.98 Å². The third-order valence-electron chi connectivity index (χ3n) is 1.58. The van der Waals surface area contributed by atoms with Gasteiger partial charge in [-0.3, -0.25) is 14.8 Å². The van der Waals surface area contributed by atoms with Crippen LogP contribution in [-0.4, -0.2) is 34.6 Å². The van der Waals surface area contributed by atoms with E-state index >= 15 is 0 Å². The third kappa shape index (κ3) is 2.48. The summed E-state index contributed by atoms with van der Waals surface area (Å²) in [6.45, 7) is 0. The van der Waals surface area contributed by atoms with Crippen molar-refractivity contribution in [3.8, 4) is 0 Å². The zero-order chi connectivity index (χ0) is 12.1. The summed E-state index contributed by atoms with van der Waals surface area (Å²) in [6, 6.07) is 0. The number of nitrogens with one attached hydrogen (secondary N) is 2. The monoisotopic (exact) mass is 241 g/mol. The Morgan fingerprint density at radius 1 is 1.44 bits per heavy atom. The van der Waals surface area contributed by atoms with E-state index < -0.39 is 17.2 Å². The van der Waals surface area contributed by atoms with Crippen LogP contribution in [0.15, 0.2) is 14.6 Å². The topological polar surface area (TPSA) is 104 Å². The lowest BCUT2D eigenvalue weighted by Crippen LogP contribution is -2.28. The zero-order valence-corrected chi connectivity index (χ0v) is 8.96. The molecule has 0 saturated heterocycles. The summed E-state index contributed by atoms with van der Waals surface area (Å²) < 4.78 is 4.39. The summed E-state index contributed by atoms with van der Waals surface area (Å²) in [4.78, 5) is 41.3. The Morgan fingerprint density at radius 2 is 2.12 bits per heavy atom. The number of hydrogen-bond donors (Lipinski definition) is 2. The number of nitrogens with zero attached hydrogens (tertiary/aromatic N) is 1. The van der Waals surface area contributed by atoms with Crippen molar-refractivity contribution in [3.05, 3.63) is 26.4 Å². The molecule has 1 heterocycles. The molecule has 1 aromatic heterocycles. The fourth-order valence-electron chi connectivity index (χ4n) is 0.968. The first-order valence-corrected chi connectivity index (χ1v) is 4.50. The largest absolute Gasteiger partial charge is 0.465 e. The van der Waals surface area contributed by atoms with Gasteiger partial charge < -0.3 is 4.74 Å². The predicted octanol–water partition coefficient (Wildman–Crippen LogP) is -0.448. The van der Waals surface area contributed by atoms with E-state index in [-0.39, 0.29) is 11.4 Å². The Labute approximate surface area is 94.2 Å². The Kier molecular flexibility index (Phi) is 3.84. The molecule has 0 saturated carbocycles. The highest BCUT2D eigenvalue weighted by molar-refractivity contribution is 7.80. The van der Waals surface area contributed by atoms with E-state index in [0.29, 0.717) is 0 Å². The number of aromatic nitrogens is 2. The van der Waals surface area contributed by atoms with Crippen molar-refractivity contribution >= 4 is 35.6 Å². The van der Waals surface area contributed by atoms with E-state index in [1.54, 1.807) is 0 Å². The molecule has 16 heavy (non-hydrogen) atoms. The highest BCUT2D eigenvalue weighted by Crippen LogP contribution is 2.09. The molecule has 8 heteroatoms. The van der Waals surface area contributed by atoms with Crippen molar-refractivity contribution < 1.29 is 9.53 Å². The molecule has 0 aliphatic carbocycles. The van der Waals surface area contributed by atoms with Crippen molar-refractivity contribution in [1.82, 2.24) is 9.97 Å². The Balaban J connectivity index is 3.49. The lowest BCUT2D eigenvalue weighted by Gasteiger charge is -2.00. The van der Waals surface area contributed by atoms with Gasteiger partial charge in [-0.05, 0) is 0 Å². The summed E-state index contributed by atoms with van der Waals surface area (Å²) in [5, 5.41) is 1.17. The number of carbonyl (C=O) groups excluding carboxylic acids is 1. The van der Waals surface area contributed by atoms with Crippen LogP contribution < -0.4 is 11.2 Å². The second-order valence-corrected chi connectivity index (χ2v) is 2.81. The molecule has 0 atom stereocenters. The molecule has 84 valence electrons. The molecule has 1 aromatic rings. The molecular weight excluding hydrogens is 234 g/mol. The maximum atomic E-state index is 11.3. The molecule has 0 fully saturated rings. The van der Waals surface area contributed by atoms with Gasteiger partial charge in [0.05, 0.1) is 7.11 Å². The molecule has 0 aromatic carbocycles. The first kappa shape index (κ1) is 12.0. The minimum Gasteiger partial charge on any atom is -0.465 e. The maximum Gasteiger partial charge on any atom is 0.347 e. The normalized spacial score (nSPS) is 10.3. The second-order valence-electron chi connectivity index (χ2n) is 2.54. The minimum atomic E-state index is -0.894. The number of methoxy groups -OCH3 is 1. The van der Waals surface area contributed by atoms with E-state index in [0.717, 1.165) is 13.3 Å². The molecule has 2 N–H and O–H groups in total. The zero-order valence-electron chi connectivity index (χ0n) is 8.14.